The molecule has 2 N–H and O–H groups in total. The molecule has 0 aliphatic carbocycles. The number of benzene rings is 2. The fourth-order valence-corrected chi connectivity index (χ4v) is 2.60. The van der Waals surface area contributed by atoms with Crippen LogP contribution >= 0.6 is 27.5 Å². The normalized spacial score (nSPS) is 11.6. The molecule has 0 aliphatic rings. The molecule has 1 aromatic heterocycles. The van der Waals surface area contributed by atoms with E-state index in [2.05, 4.69) is 25.9 Å². The average Bonchev–Trinajstić information content (AvgIpc) is 2.78. The van der Waals surface area contributed by atoms with Gasteiger partial charge < -0.3 is 10.1 Å². The van der Waals surface area contributed by atoms with Gasteiger partial charge in [-0.25, -0.2) is 4.39 Å². The monoisotopic (exact) mass is 366 g/mol. The second-order valence-electron chi connectivity index (χ2n) is 4.41. The van der Waals surface area contributed by atoms with Crippen LogP contribution in [0.1, 0.15) is 5.69 Å². The third-order valence-corrected chi connectivity index (χ3v) is 4.29. The number of halogens is 3. The van der Waals surface area contributed by atoms with Gasteiger partial charge in [-0.1, -0.05) is 17.7 Å². The number of fused-ring (bicyclic) bond motifs is 1. The van der Waals surface area contributed by atoms with Gasteiger partial charge in [0.05, 0.1) is 27.8 Å². The van der Waals surface area contributed by atoms with E-state index in [1.165, 1.54) is 18.3 Å². The number of nitrogens with zero attached hydrogens (tertiary/aromatic N) is 1. The highest BCUT2D eigenvalue weighted by molar-refractivity contribution is 9.10. The zero-order chi connectivity index (χ0) is 15.0. The molecule has 0 unspecified atom stereocenters. The number of hydrogen-bond donors (Lipinski definition) is 2. The summed E-state index contributed by atoms with van der Waals surface area (Å²) in [5.74, 6) is -0.353. The van der Waals surface area contributed by atoms with Gasteiger partial charge in [-0.05, 0) is 46.3 Å². The van der Waals surface area contributed by atoms with E-state index in [1.807, 2.05) is 0 Å². The van der Waals surface area contributed by atoms with Crippen LogP contribution in [-0.4, -0.2) is 16.3 Å². The molecular weight excluding hydrogens is 359 g/mol. The molecule has 0 fully saturated rings. The zero-order valence-corrected chi connectivity index (χ0v) is 12.9. The van der Waals surface area contributed by atoms with Crippen molar-refractivity contribution in [3.05, 3.63) is 57.4 Å². The van der Waals surface area contributed by atoms with Gasteiger partial charge in [0.15, 0.2) is 5.75 Å². The van der Waals surface area contributed by atoms with Gasteiger partial charge in [-0.2, -0.15) is 0 Å². The molecule has 0 radical (unpaired) electrons. The van der Waals surface area contributed by atoms with Crippen LogP contribution in [-0.2, 0) is 0 Å². The summed E-state index contributed by atoms with van der Waals surface area (Å²) in [6.45, 7) is 0. The molecule has 0 spiro atoms. The van der Waals surface area contributed by atoms with Crippen LogP contribution in [0.3, 0.4) is 0 Å². The number of aliphatic imine (C=N–C) groups is 1. The van der Waals surface area contributed by atoms with Crippen LogP contribution in [0.2, 0.25) is 5.02 Å². The van der Waals surface area contributed by atoms with E-state index in [0.717, 1.165) is 0 Å². The minimum Gasteiger partial charge on any atom is -0.505 e. The van der Waals surface area contributed by atoms with Gasteiger partial charge in [-0.15, -0.1) is 0 Å². The molecule has 1 heterocycles. The molecule has 2 aromatic carbocycles. The Morgan fingerprint density at radius 2 is 2.10 bits per heavy atom. The quantitative estimate of drug-likeness (QED) is 0.602. The molecule has 3 nitrogen and oxygen atoms in total. The van der Waals surface area contributed by atoms with E-state index in [-0.39, 0.29) is 11.6 Å². The van der Waals surface area contributed by atoms with Crippen molar-refractivity contribution in [2.75, 3.05) is 0 Å². The number of aromatic amines is 1. The molecule has 0 aliphatic heterocycles. The zero-order valence-electron chi connectivity index (χ0n) is 10.6. The van der Waals surface area contributed by atoms with Gasteiger partial charge in [0.1, 0.15) is 11.5 Å². The van der Waals surface area contributed by atoms with Gasteiger partial charge in [-0.3, -0.25) is 4.99 Å². The molecular formula is C15H9BrClFN2O. The van der Waals surface area contributed by atoms with E-state index in [9.17, 15) is 9.50 Å². The van der Waals surface area contributed by atoms with E-state index >= 15 is 0 Å². The van der Waals surface area contributed by atoms with Gasteiger partial charge in [0.2, 0.25) is 0 Å². The van der Waals surface area contributed by atoms with Crippen molar-refractivity contribution in [1.82, 2.24) is 4.98 Å². The molecule has 0 saturated heterocycles. The second kappa shape index (κ2) is 5.50. The highest BCUT2D eigenvalue weighted by Crippen LogP contribution is 2.38. The maximum absolute atomic E-state index is 13.1. The largest absolute Gasteiger partial charge is 0.505 e. The summed E-state index contributed by atoms with van der Waals surface area (Å²) in [4.78, 5) is 7.15. The lowest BCUT2D eigenvalue weighted by Crippen LogP contribution is -1.80. The van der Waals surface area contributed by atoms with Gasteiger partial charge in [0.25, 0.3) is 0 Å². The van der Waals surface area contributed by atoms with E-state index < -0.39 is 0 Å². The standard InChI is InChI=1S/C15H9BrClFN2O/c16-10-4-5-11-13(14(10)17)15(21)12(20-11)7-19-9-3-1-2-8(18)6-9/h1-7,20-21H. The molecule has 0 bridgehead atoms. The molecule has 3 rings (SSSR count). The SMILES string of the molecule is Oc1c(C=Nc2cccc(F)c2)[nH]c2ccc(Br)c(Cl)c12. The second-order valence-corrected chi connectivity index (χ2v) is 5.64. The lowest BCUT2D eigenvalue weighted by molar-refractivity contribution is 0.480. The molecule has 0 amide bonds. The third kappa shape index (κ3) is 2.66. The highest BCUT2D eigenvalue weighted by Gasteiger charge is 2.14. The Kier molecular flexibility index (Phi) is 3.69. The Labute approximate surface area is 133 Å². The number of nitrogens with one attached hydrogen (secondary N) is 1. The van der Waals surface area contributed by atoms with Crippen LogP contribution in [0, 0.1) is 5.82 Å². The summed E-state index contributed by atoms with van der Waals surface area (Å²) in [6, 6.07) is 9.47. The van der Waals surface area contributed by atoms with Crippen LogP contribution in [0.15, 0.2) is 45.9 Å². The van der Waals surface area contributed by atoms with Crippen molar-refractivity contribution in [3.63, 3.8) is 0 Å². The van der Waals surface area contributed by atoms with Crippen LogP contribution < -0.4 is 0 Å². The summed E-state index contributed by atoms with van der Waals surface area (Å²) < 4.78 is 13.8. The Hall–Kier alpha value is -1.85. The Morgan fingerprint density at radius 3 is 2.86 bits per heavy atom. The topological polar surface area (TPSA) is 48.4 Å². The molecule has 0 saturated carbocycles. The average molecular weight is 368 g/mol. The fraction of sp³-hybridized carbons (Fsp3) is 0. The predicted molar refractivity (Wildman–Crippen MR) is 86.3 cm³/mol. The van der Waals surface area contributed by atoms with Crippen LogP contribution in [0.5, 0.6) is 5.75 Å². The van der Waals surface area contributed by atoms with Crippen molar-refractivity contribution in [2.24, 2.45) is 4.99 Å². The first-order chi connectivity index (χ1) is 10.1. The minimum absolute atomic E-state index is 0.0106. The maximum Gasteiger partial charge on any atom is 0.151 e. The number of aromatic hydroxyl groups is 1. The highest BCUT2D eigenvalue weighted by atomic mass is 79.9. The fourth-order valence-electron chi connectivity index (χ4n) is 2.01. The molecule has 3 aromatic rings. The van der Waals surface area contributed by atoms with E-state index in [4.69, 9.17) is 11.6 Å². The van der Waals surface area contributed by atoms with E-state index in [0.29, 0.717) is 31.8 Å². The number of hydrogen-bond acceptors (Lipinski definition) is 2. The summed E-state index contributed by atoms with van der Waals surface area (Å²) in [7, 11) is 0. The Balaban J connectivity index is 2.06. The van der Waals surface area contributed by atoms with Gasteiger partial charge >= 0.3 is 0 Å². The number of H-pyrrole nitrogens is 1. The van der Waals surface area contributed by atoms with Gasteiger partial charge in [0, 0.05) is 4.47 Å². The summed E-state index contributed by atoms with van der Waals surface area (Å²) in [5, 5.41) is 11.2. The lowest BCUT2D eigenvalue weighted by atomic mass is 10.2. The smallest absolute Gasteiger partial charge is 0.151 e. The number of aromatic nitrogens is 1. The molecule has 21 heavy (non-hydrogen) atoms. The first-order valence-corrected chi connectivity index (χ1v) is 7.21. The van der Waals surface area contributed by atoms with Crippen molar-refractivity contribution in [3.8, 4) is 5.75 Å². The van der Waals surface area contributed by atoms with Crippen LogP contribution in [0.4, 0.5) is 10.1 Å². The minimum atomic E-state index is -0.363. The molecule has 6 heteroatoms. The van der Waals surface area contributed by atoms with Crippen molar-refractivity contribution >= 4 is 50.3 Å². The Bertz CT molecular complexity index is 860. The first kappa shape index (κ1) is 14.1. The third-order valence-electron chi connectivity index (χ3n) is 3.01. The van der Waals surface area contributed by atoms with Crippen molar-refractivity contribution < 1.29 is 9.50 Å². The number of rotatable bonds is 2. The predicted octanol–water partition coefficient (Wildman–Crippen LogP) is 5.18. The molecule has 0 atom stereocenters. The van der Waals surface area contributed by atoms with Crippen LogP contribution in [0.25, 0.3) is 10.9 Å². The molecule has 106 valence electrons. The van der Waals surface area contributed by atoms with E-state index in [1.54, 1.807) is 24.3 Å². The lowest BCUT2D eigenvalue weighted by Gasteiger charge is -1.97. The summed E-state index contributed by atoms with van der Waals surface area (Å²) in [5.41, 5.74) is 1.57. The van der Waals surface area contributed by atoms with Crippen molar-refractivity contribution in [2.45, 2.75) is 0 Å². The maximum atomic E-state index is 13.1. The first-order valence-electron chi connectivity index (χ1n) is 6.04. The Morgan fingerprint density at radius 1 is 1.29 bits per heavy atom. The summed E-state index contributed by atoms with van der Waals surface area (Å²) in [6.07, 6.45) is 1.44. The van der Waals surface area contributed by atoms with Crippen molar-refractivity contribution in [1.29, 1.82) is 0 Å². The summed E-state index contributed by atoms with van der Waals surface area (Å²) >= 11 is 9.47.